The molecule has 3 heterocycles. The Balaban J connectivity index is 1.29. The molecule has 1 saturated heterocycles. The predicted molar refractivity (Wildman–Crippen MR) is 108 cm³/mol. The predicted octanol–water partition coefficient (Wildman–Crippen LogP) is 2.46. The van der Waals surface area contributed by atoms with Crippen LogP contribution in [0.5, 0.6) is 0 Å². The molecule has 0 bridgehead atoms. The number of carbonyl (C=O) groups is 1. The summed E-state index contributed by atoms with van der Waals surface area (Å²) in [6, 6.07) is 10.1. The molecule has 4 rings (SSSR count). The monoisotopic (exact) mass is 428 g/mol. The Morgan fingerprint density at radius 3 is 2.90 bits per heavy atom. The van der Waals surface area contributed by atoms with Gasteiger partial charge in [0.15, 0.2) is 0 Å². The van der Waals surface area contributed by atoms with Crippen molar-refractivity contribution < 1.29 is 22.5 Å². The molecule has 3 aromatic rings. The van der Waals surface area contributed by atoms with Crippen LogP contribution in [0.2, 0.25) is 0 Å². The van der Waals surface area contributed by atoms with E-state index >= 15 is 0 Å². The molecule has 1 fully saturated rings. The van der Waals surface area contributed by atoms with Crippen LogP contribution in [0.4, 0.5) is 5.69 Å². The maximum absolute atomic E-state index is 12.3. The number of aromatic nitrogens is 3. The molecule has 0 spiro atoms. The van der Waals surface area contributed by atoms with Crippen molar-refractivity contribution in [3.8, 4) is 11.4 Å². The summed E-state index contributed by atoms with van der Waals surface area (Å²) in [6.45, 7) is 0.599. The number of carbonyl (C=O) groups excluding carboxylic acids is 1. The van der Waals surface area contributed by atoms with Crippen molar-refractivity contribution in [3.05, 3.63) is 60.2 Å². The minimum Gasteiger partial charge on any atom is -0.462 e. The Bertz CT molecular complexity index is 1130. The van der Waals surface area contributed by atoms with Gasteiger partial charge in [-0.3, -0.25) is 9.29 Å². The highest BCUT2D eigenvalue weighted by Gasteiger charge is 2.28. The summed E-state index contributed by atoms with van der Waals surface area (Å²) in [6.07, 6.45) is 4.87. The smallest absolute Gasteiger partial charge is 0.338 e. The molecule has 0 N–H and O–H groups in total. The van der Waals surface area contributed by atoms with Crippen molar-refractivity contribution in [2.24, 2.45) is 0 Å². The van der Waals surface area contributed by atoms with E-state index in [0.717, 1.165) is 5.56 Å². The highest BCUT2D eigenvalue weighted by atomic mass is 32.2. The molecule has 1 aromatic carbocycles. The van der Waals surface area contributed by atoms with Crippen molar-refractivity contribution in [2.45, 2.75) is 19.3 Å². The standard InChI is InChI=1S/C20H20N4O5S/c25-20(15-5-1-7-17(13-15)24-10-4-12-30(24,26)27)28-11-3-8-18-22-19(23-29-18)16-6-2-9-21-14-16/h1-2,5-7,9,13-14H,3-4,8,10-12H2. The highest BCUT2D eigenvalue weighted by Crippen LogP contribution is 2.25. The van der Waals surface area contributed by atoms with E-state index in [1.807, 2.05) is 6.07 Å². The Labute approximate surface area is 173 Å². The van der Waals surface area contributed by atoms with Gasteiger partial charge in [0.05, 0.1) is 23.6 Å². The van der Waals surface area contributed by atoms with E-state index < -0.39 is 16.0 Å². The number of sulfonamides is 1. The van der Waals surface area contributed by atoms with Crippen LogP contribution in [0.15, 0.2) is 53.3 Å². The molecule has 30 heavy (non-hydrogen) atoms. The maximum atomic E-state index is 12.3. The van der Waals surface area contributed by atoms with Gasteiger partial charge >= 0.3 is 5.97 Å². The SMILES string of the molecule is O=C(OCCCc1nc(-c2cccnc2)no1)c1cccc(N2CCCS2(=O)=O)c1. The van der Waals surface area contributed by atoms with Crippen LogP contribution in [-0.2, 0) is 21.2 Å². The van der Waals surface area contributed by atoms with E-state index in [1.165, 1.54) is 4.31 Å². The number of anilines is 1. The van der Waals surface area contributed by atoms with Crippen LogP contribution in [0.3, 0.4) is 0 Å². The molecule has 0 aliphatic carbocycles. The van der Waals surface area contributed by atoms with Gasteiger partial charge in [0.25, 0.3) is 0 Å². The lowest BCUT2D eigenvalue weighted by Crippen LogP contribution is -2.25. The molecule has 10 heteroatoms. The van der Waals surface area contributed by atoms with E-state index in [9.17, 15) is 13.2 Å². The largest absolute Gasteiger partial charge is 0.462 e. The van der Waals surface area contributed by atoms with Crippen molar-refractivity contribution in [3.63, 3.8) is 0 Å². The lowest BCUT2D eigenvalue weighted by Gasteiger charge is -2.17. The first-order valence-electron chi connectivity index (χ1n) is 9.53. The molecule has 0 saturated carbocycles. The number of aryl methyl sites for hydroxylation is 1. The number of rotatable bonds is 7. The number of benzene rings is 1. The topological polar surface area (TPSA) is 115 Å². The van der Waals surface area contributed by atoms with Gasteiger partial charge in [0, 0.05) is 30.9 Å². The van der Waals surface area contributed by atoms with Crippen LogP contribution >= 0.6 is 0 Å². The van der Waals surface area contributed by atoms with Crippen LogP contribution in [0.1, 0.15) is 29.1 Å². The number of nitrogens with zero attached hydrogens (tertiary/aromatic N) is 4. The van der Waals surface area contributed by atoms with Gasteiger partial charge in [0.2, 0.25) is 21.7 Å². The van der Waals surface area contributed by atoms with E-state index in [1.54, 1.807) is 42.7 Å². The third-order valence-electron chi connectivity index (χ3n) is 4.63. The lowest BCUT2D eigenvalue weighted by atomic mass is 10.2. The van der Waals surface area contributed by atoms with Crippen molar-refractivity contribution in [2.75, 3.05) is 23.2 Å². The van der Waals surface area contributed by atoms with Crippen LogP contribution in [0, 0.1) is 0 Å². The second-order valence-corrected chi connectivity index (χ2v) is 8.80. The molecule has 156 valence electrons. The van der Waals surface area contributed by atoms with Gasteiger partial charge in [-0.1, -0.05) is 11.2 Å². The fourth-order valence-corrected chi connectivity index (χ4v) is 4.71. The Morgan fingerprint density at radius 2 is 2.13 bits per heavy atom. The molecule has 2 aromatic heterocycles. The number of hydrogen-bond acceptors (Lipinski definition) is 8. The first kappa shape index (κ1) is 20.0. The minimum atomic E-state index is -3.30. The number of ether oxygens (including phenoxy) is 1. The second-order valence-electron chi connectivity index (χ2n) is 6.78. The Morgan fingerprint density at radius 1 is 1.23 bits per heavy atom. The number of pyridine rings is 1. The van der Waals surface area contributed by atoms with Crippen molar-refractivity contribution in [1.82, 2.24) is 15.1 Å². The number of esters is 1. The molecular weight excluding hydrogens is 408 g/mol. The summed E-state index contributed by atoms with van der Waals surface area (Å²) in [5.74, 6) is 0.532. The van der Waals surface area contributed by atoms with Gasteiger partial charge in [-0.15, -0.1) is 0 Å². The average molecular weight is 428 g/mol. The van der Waals surface area contributed by atoms with Crippen LogP contribution < -0.4 is 4.31 Å². The summed E-state index contributed by atoms with van der Waals surface area (Å²) in [5.41, 5.74) is 1.56. The molecule has 1 aliphatic heterocycles. The fraction of sp³-hybridized carbons (Fsp3) is 0.300. The van der Waals surface area contributed by atoms with Crippen LogP contribution in [0.25, 0.3) is 11.4 Å². The summed E-state index contributed by atoms with van der Waals surface area (Å²) >= 11 is 0. The molecule has 0 amide bonds. The molecular formula is C20H20N4O5S. The van der Waals surface area contributed by atoms with Gasteiger partial charge in [-0.05, 0) is 43.2 Å². The van der Waals surface area contributed by atoms with Crippen molar-refractivity contribution >= 4 is 21.7 Å². The summed E-state index contributed by atoms with van der Waals surface area (Å²) in [4.78, 5) is 20.6. The maximum Gasteiger partial charge on any atom is 0.338 e. The molecule has 1 aliphatic rings. The molecule has 0 radical (unpaired) electrons. The highest BCUT2D eigenvalue weighted by molar-refractivity contribution is 7.93. The average Bonchev–Trinajstić information content (AvgIpc) is 3.37. The van der Waals surface area contributed by atoms with E-state index in [4.69, 9.17) is 9.26 Å². The first-order chi connectivity index (χ1) is 14.5. The van der Waals surface area contributed by atoms with Gasteiger partial charge in [-0.2, -0.15) is 4.98 Å². The first-order valence-corrected chi connectivity index (χ1v) is 11.1. The summed E-state index contributed by atoms with van der Waals surface area (Å²) in [5, 5.41) is 3.92. The second kappa shape index (κ2) is 8.62. The van der Waals surface area contributed by atoms with E-state index in [-0.39, 0.29) is 12.4 Å². The van der Waals surface area contributed by atoms with Crippen LogP contribution in [-0.4, -0.2) is 48.4 Å². The summed E-state index contributed by atoms with van der Waals surface area (Å²) < 4.78 is 36.0. The van der Waals surface area contributed by atoms with Gasteiger partial charge < -0.3 is 9.26 Å². The lowest BCUT2D eigenvalue weighted by molar-refractivity contribution is 0.0498. The fourth-order valence-electron chi connectivity index (χ4n) is 3.16. The minimum absolute atomic E-state index is 0.125. The van der Waals surface area contributed by atoms with Crippen molar-refractivity contribution in [1.29, 1.82) is 0 Å². The van der Waals surface area contributed by atoms with E-state index in [2.05, 4.69) is 15.1 Å². The van der Waals surface area contributed by atoms with Gasteiger partial charge in [0.1, 0.15) is 0 Å². The third-order valence-corrected chi connectivity index (χ3v) is 6.49. The normalized spacial score (nSPS) is 15.3. The molecule has 0 unspecified atom stereocenters. The third kappa shape index (κ3) is 4.48. The zero-order valence-electron chi connectivity index (χ0n) is 16.1. The molecule has 9 nitrogen and oxygen atoms in total. The number of hydrogen-bond donors (Lipinski definition) is 0. The zero-order chi connectivity index (χ0) is 21.0. The van der Waals surface area contributed by atoms with E-state index in [0.29, 0.717) is 48.8 Å². The zero-order valence-corrected chi connectivity index (χ0v) is 16.9. The summed E-state index contributed by atoms with van der Waals surface area (Å²) in [7, 11) is -3.30. The van der Waals surface area contributed by atoms with Gasteiger partial charge in [-0.25, -0.2) is 13.2 Å². The Kier molecular flexibility index (Phi) is 5.75. The molecule has 0 atom stereocenters. The quantitative estimate of drug-likeness (QED) is 0.416. The Hall–Kier alpha value is -3.27.